The Kier molecular flexibility index (Phi) is 4.43. The zero-order valence-corrected chi connectivity index (χ0v) is 10.6. The maximum atomic E-state index is 6.24. The molecule has 0 aromatic heterocycles. The number of hydrogen-bond acceptors (Lipinski definition) is 2. The second-order valence-electron chi connectivity index (χ2n) is 3.88. The third-order valence-electron chi connectivity index (χ3n) is 2.48. The molecule has 84 valence electrons. The van der Waals surface area contributed by atoms with Gasteiger partial charge in [-0.05, 0) is 31.2 Å². The molecule has 0 spiro atoms. The summed E-state index contributed by atoms with van der Waals surface area (Å²) in [6.45, 7) is 5.17. The average Bonchev–Trinajstić information content (AvgIpc) is 2.17. The summed E-state index contributed by atoms with van der Waals surface area (Å²) < 4.78 is 0. The van der Waals surface area contributed by atoms with Gasteiger partial charge in [-0.1, -0.05) is 24.6 Å². The molecular weight excluding hydrogens is 208 g/mol. The van der Waals surface area contributed by atoms with E-state index in [2.05, 4.69) is 31.3 Å². The van der Waals surface area contributed by atoms with Crippen LogP contribution in [0.3, 0.4) is 0 Å². The lowest BCUT2D eigenvalue weighted by molar-refractivity contribution is 0.598. The fourth-order valence-corrected chi connectivity index (χ4v) is 1.90. The third kappa shape index (κ3) is 3.11. The second-order valence-corrected chi connectivity index (χ2v) is 4.29. The molecule has 15 heavy (non-hydrogen) atoms. The molecule has 1 rings (SSSR count). The molecule has 1 atom stereocenters. The Morgan fingerprint density at radius 1 is 1.40 bits per heavy atom. The van der Waals surface area contributed by atoms with Crippen molar-refractivity contribution >= 4 is 17.3 Å². The molecule has 0 heterocycles. The largest absolute Gasteiger partial charge is 0.378 e. The molecule has 0 saturated heterocycles. The Morgan fingerprint density at radius 2 is 2.07 bits per heavy atom. The molecule has 0 radical (unpaired) electrons. The molecule has 2 nitrogen and oxygen atoms in total. The highest BCUT2D eigenvalue weighted by Crippen LogP contribution is 2.26. The van der Waals surface area contributed by atoms with Crippen molar-refractivity contribution in [3.8, 4) is 0 Å². The van der Waals surface area contributed by atoms with Crippen molar-refractivity contribution in [2.24, 2.45) is 0 Å². The molecule has 0 saturated carbocycles. The number of nitrogens with zero attached hydrogens (tertiary/aromatic N) is 1. The standard InChI is InChI=1S/C12H19ClN2/c1-5-14-9(2)11-7-6-10(15(3)4)8-12(11)13/h6-9,14H,5H2,1-4H3. The smallest absolute Gasteiger partial charge is 0.0474 e. The van der Waals surface area contributed by atoms with Gasteiger partial charge in [0.1, 0.15) is 0 Å². The first-order valence-electron chi connectivity index (χ1n) is 5.26. The Labute approximate surface area is 97.2 Å². The van der Waals surface area contributed by atoms with Crippen LogP contribution in [0.1, 0.15) is 25.5 Å². The van der Waals surface area contributed by atoms with Crippen molar-refractivity contribution in [2.45, 2.75) is 19.9 Å². The topological polar surface area (TPSA) is 15.3 Å². The van der Waals surface area contributed by atoms with E-state index in [4.69, 9.17) is 11.6 Å². The zero-order valence-electron chi connectivity index (χ0n) is 9.84. The van der Waals surface area contributed by atoms with E-state index in [1.165, 1.54) is 0 Å². The van der Waals surface area contributed by atoms with Gasteiger partial charge in [0.25, 0.3) is 0 Å². The van der Waals surface area contributed by atoms with Crippen LogP contribution in [0.5, 0.6) is 0 Å². The summed E-state index contributed by atoms with van der Waals surface area (Å²) in [6, 6.07) is 6.49. The van der Waals surface area contributed by atoms with Crippen molar-refractivity contribution in [2.75, 3.05) is 25.5 Å². The van der Waals surface area contributed by atoms with E-state index >= 15 is 0 Å². The first-order valence-corrected chi connectivity index (χ1v) is 5.64. The van der Waals surface area contributed by atoms with Crippen LogP contribution in [0, 0.1) is 0 Å². The minimum atomic E-state index is 0.304. The van der Waals surface area contributed by atoms with Gasteiger partial charge in [0.15, 0.2) is 0 Å². The van der Waals surface area contributed by atoms with Gasteiger partial charge in [0.2, 0.25) is 0 Å². The zero-order chi connectivity index (χ0) is 11.4. The van der Waals surface area contributed by atoms with Crippen LogP contribution >= 0.6 is 11.6 Å². The predicted octanol–water partition coefficient (Wildman–Crippen LogP) is 3.08. The summed E-state index contributed by atoms with van der Waals surface area (Å²) in [4.78, 5) is 2.05. The number of anilines is 1. The van der Waals surface area contributed by atoms with E-state index in [1.54, 1.807) is 0 Å². The summed E-state index contributed by atoms with van der Waals surface area (Å²) in [5.74, 6) is 0. The van der Waals surface area contributed by atoms with E-state index in [0.29, 0.717) is 6.04 Å². The molecule has 0 aliphatic rings. The normalized spacial score (nSPS) is 12.6. The molecule has 0 amide bonds. The highest BCUT2D eigenvalue weighted by atomic mass is 35.5. The van der Waals surface area contributed by atoms with Crippen molar-refractivity contribution in [3.05, 3.63) is 28.8 Å². The lowest BCUT2D eigenvalue weighted by Crippen LogP contribution is -2.18. The van der Waals surface area contributed by atoms with Gasteiger partial charge in [0.05, 0.1) is 0 Å². The first-order chi connectivity index (χ1) is 7.06. The van der Waals surface area contributed by atoms with Crippen LogP contribution in [-0.2, 0) is 0 Å². The van der Waals surface area contributed by atoms with Crippen LogP contribution in [0.2, 0.25) is 5.02 Å². The molecule has 1 aromatic rings. The van der Waals surface area contributed by atoms with Crippen LogP contribution in [0.25, 0.3) is 0 Å². The van der Waals surface area contributed by atoms with E-state index in [9.17, 15) is 0 Å². The van der Waals surface area contributed by atoms with Gasteiger partial charge in [-0.3, -0.25) is 0 Å². The molecule has 0 bridgehead atoms. The molecule has 1 aromatic carbocycles. The van der Waals surface area contributed by atoms with Gasteiger partial charge in [-0.25, -0.2) is 0 Å². The summed E-state index contributed by atoms with van der Waals surface area (Å²) in [5.41, 5.74) is 2.29. The molecule has 1 N–H and O–H groups in total. The van der Waals surface area contributed by atoms with E-state index in [1.807, 2.05) is 25.1 Å². The number of halogens is 1. The van der Waals surface area contributed by atoms with Crippen LogP contribution in [0.4, 0.5) is 5.69 Å². The monoisotopic (exact) mass is 226 g/mol. The minimum Gasteiger partial charge on any atom is -0.378 e. The highest BCUT2D eigenvalue weighted by molar-refractivity contribution is 6.31. The molecule has 3 heteroatoms. The maximum absolute atomic E-state index is 6.24. The molecule has 0 aliphatic carbocycles. The second kappa shape index (κ2) is 5.38. The summed E-state index contributed by atoms with van der Waals surface area (Å²) in [7, 11) is 4.03. The van der Waals surface area contributed by atoms with E-state index < -0.39 is 0 Å². The van der Waals surface area contributed by atoms with Crippen molar-refractivity contribution in [3.63, 3.8) is 0 Å². The lowest BCUT2D eigenvalue weighted by atomic mass is 10.1. The third-order valence-corrected chi connectivity index (χ3v) is 2.80. The SMILES string of the molecule is CCNC(C)c1ccc(N(C)C)cc1Cl. The van der Waals surface area contributed by atoms with Crippen molar-refractivity contribution in [1.82, 2.24) is 5.32 Å². The molecule has 0 fully saturated rings. The fourth-order valence-electron chi connectivity index (χ4n) is 1.56. The van der Waals surface area contributed by atoms with Gasteiger partial charge in [0, 0.05) is 30.8 Å². The molecular formula is C12H19ClN2. The van der Waals surface area contributed by atoms with E-state index in [0.717, 1.165) is 22.8 Å². The van der Waals surface area contributed by atoms with Gasteiger partial charge < -0.3 is 10.2 Å². The predicted molar refractivity (Wildman–Crippen MR) is 67.9 cm³/mol. The Morgan fingerprint density at radius 3 is 2.53 bits per heavy atom. The Hall–Kier alpha value is -0.730. The van der Waals surface area contributed by atoms with Gasteiger partial charge >= 0.3 is 0 Å². The molecule has 1 unspecified atom stereocenters. The maximum Gasteiger partial charge on any atom is 0.0474 e. The van der Waals surface area contributed by atoms with Crippen molar-refractivity contribution in [1.29, 1.82) is 0 Å². The minimum absolute atomic E-state index is 0.304. The Bertz CT molecular complexity index is 323. The van der Waals surface area contributed by atoms with E-state index in [-0.39, 0.29) is 0 Å². The Balaban J connectivity index is 2.92. The van der Waals surface area contributed by atoms with Crippen molar-refractivity contribution < 1.29 is 0 Å². The lowest BCUT2D eigenvalue weighted by Gasteiger charge is -2.18. The van der Waals surface area contributed by atoms with Crippen LogP contribution < -0.4 is 10.2 Å². The van der Waals surface area contributed by atoms with Crippen LogP contribution in [-0.4, -0.2) is 20.6 Å². The average molecular weight is 227 g/mol. The summed E-state index contributed by atoms with van der Waals surface area (Å²) >= 11 is 6.24. The number of benzene rings is 1. The highest BCUT2D eigenvalue weighted by Gasteiger charge is 2.09. The molecule has 0 aliphatic heterocycles. The number of nitrogens with one attached hydrogen (secondary N) is 1. The number of rotatable bonds is 4. The van der Waals surface area contributed by atoms with Gasteiger partial charge in [-0.15, -0.1) is 0 Å². The summed E-state index contributed by atoms with van der Waals surface area (Å²) in [6.07, 6.45) is 0. The number of hydrogen-bond donors (Lipinski definition) is 1. The van der Waals surface area contributed by atoms with Crippen LogP contribution in [0.15, 0.2) is 18.2 Å². The fraction of sp³-hybridized carbons (Fsp3) is 0.500. The quantitative estimate of drug-likeness (QED) is 0.849. The first kappa shape index (κ1) is 12.3. The summed E-state index contributed by atoms with van der Waals surface area (Å²) in [5, 5.41) is 4.18. The van der Waals surface area contributed by atoms with Gasteiger partial charge in [-0.2, -0.15) is 0 Å².